The lowest BCUT2D eigenvalue weighted by molar-refractivity contribution is -0.145. The highest BCUT2D eigenvalue weighted by molar-refractivity contribution is 9.11. The summed E-state index contributed by atoms with van der Waals surface area (Å²) in [6, 6.07) is 12.6. The van der Waals surface area contributed by atoms with E-state index in [4.69, 9.17) is 4.74 Å². The maximum atomic E-state index is 11.8. The summed E-state index contributed by atoms with van der Waals surface area (Å²) in [5, 5.41) is 4.88. The predicted octanol–water partition coefficient (Wildman–Crippen LogP) is 2.10. The lowest BCUT2D eigenvalue weighted by Crippen LogP contribution is -2.39. The van der Waals surface area contributed by atoms with Gasteiger partial charge in [-0.15, -0.1) is 11.3 Å². The van der Waals surface area contributed by atoms with E-state index in [0.717, 1.165) is 9.35 Å². The SMILES string of the molecule is O=C(CNC(=O)c1ccc(Br)s1)NCC(=O)OCc1ccccc1. The van der Waals surface area contributed by atoms with Crippen LogP contribution in [0.3, 0.4) is 0 Å². The molecule has 0 fully saturated rings. The van der Waals surface area contributed by atoms with Gasteiger partial charge in [0.15, 0.2) is 0 Å². The number of thiophene rings is 1. The largest absolute Gasteiger partial charge is 0.460 e. The zero-order valence-electron chi connectivity index (χ0n) is 12.6. The van der Waals surface area contributed by atoms with Gasteiger partial charge in [-0.1, -0.05) is 30.3 Å². The van der Waals surface area contributed by atoms with E-state index in [0.29, 0.717) is 4.88 Å². The number of nitrogens with one attached hydrogen (secondary N) is 2. The molecule has 0 radical (unpaired) electrons. The highest BCUT2D eigenvalue weighted by atomic mass is 79.9. The molecule has 0 aliphatic carbocycles. The van der Waals surface area contributed by atoms with Gasteiger partial charge in [-0.05, 0) is 33.6 Å². The molecule has 0 saturated heterocycles. The molecule has 2 rings (SSSR count). The third-order valence-corrected chi connectivity index (χ3v) is 4.50. The van der Waals surface area contributed by atoms with E-state index in [1.54, 1.807) is 12.1 Å². The second-order valence-electron chi connectivity index (χ2n) is 4.71. The van der Waals surface area contributed by atoms with Gasteiger partial charge < -0.3 is 15.4 Å². The molecule has 0 saturated carbocycles. The van der Waals surface area contributed by atoms with E-state index in [-0.39, 0.29) is 25.6 Å². The van der Waals surface area contributed by atoms with Crippen LogP contribution < -0.4 is 10.6 Å². The van der Waals surface area contributed by atoms with E-state index in [9.17, 15) is 14.4 Å². The normalized spacial score (nSPS) is 10.0. The van der Waals surface area contributed by atoms with Crippen LogP contribution in [0.25, 0.3) is 0 Å². The van der Waals surface area contributed by atoms with Crippen molar-refractivity contribution in [2.24, 2.45) is 0 Å². The summed E-state index contributed by atoms with van der Waals surface area (Å²) >= 11 is 4.53. The summed E-state index contributed by atoms with van der Waals surface area (Å²) in [7, 11) is 0. The van der Waals surface area contributed by atoms with Crippen LogP contribution in [0.4, 0.5) is 0 Å². The predicted molar refractivity (Wildman–Crippen MR) is 93.6 cm³/mol. The Kier molecular flexibility index (Phi) is 6.95. The van der Waals surface area contributed by atoms with Crippen LogP contribution in [0, 0.1) is 0 Å². The maximum Gasteiger partial charge on any atom is 0.325 e. The molecule has 0 unspecified atom stereocenters. The van der Waals surface area contributed by atoms with E-state index in [1.165, 1.54) is 11.3 Å². The first-order valence-electron chi connectivity index (χ1n) is 7.04. The molecule has 24 heavy (non-hydrogen) atoms. The molecule has 1 heterocycles. The van der Waals surface area contributed by atoms with Crippen molar-refractivity contribution in [1.82, 2.24) is 10.6 Å². The quantitative estimate of drug-likeness (QED) is 0.684. The molecule has 0 atom stereocenters. The molecule has 0 aliphatic rings. The number of halogens is 1. The number of carbonyl (C=O) groups is 3. The number of hydrogen-bond acceptors (Lipinski definition) is 5. The lowest BCUT2D eigenvalue weighted by Gasteiger charge is -2.07. The van der Waals surface area contributed by atoms with Crippen LogP contribution in [-0.4, -0.2) is 30.9 Å². The summed E-state index contributed by atoms with van der Waals surface area (Å²) in [5.41, 5.74) is 0.867. The van der Waals surface area contributed by atoms with Crippen LogP contribution in [0.15, 0.2) is 46.3 Å². The monoisotopic (exact) mass is 410 g/mol. The smallest absolute Gasteiger partial charge is 0.325 e. The molecule has 0 spiro atoms. The van der Waals surface area contributed by atoms with Gasteiger partial charge in [-0.25, -0.2) is 0 Å². The Morgan fingerprint density at radius 1 is 1.00 bits per heavy atom. The second kappa shape index (κ2) is 9.19. The summed E-state index contributed by atoms with van der Waals surface area (Å²) in [6.07, 6.45) is 0. The van der Waals surface area contributed by atoms with Crippen LogP contribution in [0.2, 0.25) is 0 Å². The average Bonchev–Trinajstić information content (AvgIpc) is 3.03. The second-order valence-corrected chi connectivity index (χ2v) is 7.17. The van der Waals surface area contributed by atoms with Crippen molar-refractivity contribution in [1.29, 1.82) is 0 Å². The third kappa shape index (κ3) is 6.13. The molecule has 2 aromatic rings. The van der Waals surface area contributed by atoms with Crippen molar-refractivity contribution in [2.75, 3.05) is 13.1 Å². The van der Waals surface area contributed by atoms with E-state index >= 15 is 0 Å². The summed E-state index contributed by atoms with van der Waals surface area (Å²) < 4.78 is 5.86. The van der Waals surface area contributed by atoms with Gasteiger partial charge in [-0.3, -0.25) is 14.4 Å². The molecule has 6 nitrogen and oxygen atoms in total. The lowest BCUT2D eigenvalue weighted by atomic mass is 10.2. The van der Waals surface area contributed by atoms with Gasteiger partial charge in [0.25, 0.3) is 5.91 Å². The highest BCUT2D eigenvalue weighted by Crippen LogP contribution is 2.21. The Morgan fingerprint density at radius 2 is 1.75 bits per heavy atom. The number of carbonyl (C=O) groups excluding carboxylic acids is 3. The Labute approximate surface area is 151 Å². The zero-order valence-corrected chi connectivity index (χ0v) is 15.0. The fourth-order valence-corrected chi connectivity index (χ4v) is 3.01. The summed E-state index contributed by atoms with van der Waals surface area (Å²) in [5.74, 6) is -1.34. The van der Waals surface area contributed by atoms with Gasteiger partial charge >= 0.3 is 5.97 Å². The summed E-state index contributed by atoms with van der Waals surface area (Å²) in [4.78, 5) is 35.4. The fraction of sp³-hybridized carbons (Fsp3) is 0.188. The van der Waals surface area contributed by atoms with Crippen molar-refractivity contribution in [2.45, 2.75) is 6.61 Å². The average molecular weight is 411 g/mol. The molecule has 2 N–H and O–H groups in total. The van der Waals surface area contributed by atoms with Crippen LogP contribution in [0.1, 0.15) is 15.2 Å². The molecule has 0 aliphatic heterocycles. The summed E-state index contributed by atoms with van der Waals surface area (Å²) in [6.45, 7) is -0.300. The van der Waals surface area contributed by atoms with E-state index in [1.807, 2.05) is 30.3 Å². The number of rotatable bonds is 7. The van der Waals surface area contributed by atoms with E-state index < -0.39 is 11.9 Å². The molecule has 0 bridgehead atoms. The van der Waals surface area contributed by atoms with Crippen molar-refractivity contribution in [3.63, 3.8) is 0 Å². The first-order valence-corrected chi connectivity index (χ1v) is 8.65. The molecule has 126 valence electrons. The highest BCUT2D eigenvalue weighted by Gasteiger charge is 2.11. The first-order chi connectivity index (χ1) is 11.5. The third-order valence-electron chi connectivity index (χ3n) is 2.88. The minimum absolute atomic E-state index is 0.152. The number of ether oxygens (including phenoxy) is 1. The van der Waals surface area contributed by atoms with E-state index in [2.05, 4.69) is 26.6 Å². The number of benzene rings is 1. The number of hydrogen-bond donors (Lipinski definition) is 2. The first kappa shape index (κ1) is 18.2. The van der Waals surface area contributed by atoms with Crippen molar-refractivity contribution >= 4 is 45.1 Å². The molecular formula is C16H15BrN2O4S. The van der Waals surface area contributed by atoms with Gasteiger partial charge in [0.2, 0.25) is 5.91 Å². The Morgan fingerprint density at radius 3 is 2.42 bits per heavy atom. The van der Waals surface area contributed by atoms with Gasteiger partial charge in [0.05, 0.1) is 15.2 Å². The Bertz CT molecular complexity index is 718. The van der Waals surface area contributed by atoms with Crippen molar-refractivity contribution in [3.8, 4) is 0 Å². The van der Waals surface area contributed by atoms with Gasteiger partial charge in [0, 0.05) is 0 Å². The maximum absolute atomic E-state index is 11.8. The standard InChI is InChI=1S/C16H15BrN2O4S/c17-13-7-6-12(24-13)16(22)19-8-14(20)18-9-15(21)23-10-11-4-2-1-3-5-11/h1-7H,8-10H2,(H,18,20)(H,19,22). The van der Waals surface area contributed by atoms with Crippen LogP contribution in [-0.2, 0) is 20.9 Å². The van der Waals surface area contributed by atoms with Crippen LogP contribution >= 0.6 is 27.3 Å². The molecule has 2 amide bonds. The van der Waals surface area contributed by atoms with Crippen molar-refractivity contribution < 1.29 is 19.1 Å². The van der Waals surface area contributed by atoms with Crippen LogP contribution in [0.5, 0.6) is 0 Å². The number of esters is 1. The topological polar surface area (TPSA) is 84.5 Å². The molecular weight excluding hydrogens is 396 g/mol. The zero-order chi connectivity index (χ0) is 17.4. The molecule has 1 aromatic carbocycles. The molecule has 1 aromatic heterocycles. The van der Waals surface area contributed by atoms with Gasteiger partial charge in [-0.2, -0.15) is 0 Å². The Hall–Kier alpha value is -2.19. The Balaban J connectivity index is 1.63. The van der Waals surface area contributed by atoms with Crippen molar-refractivity contribution in [3.05, 3.63) is 56.7 Å². The minimum Gasteiger partial charge on any atom is -0.460 e. The van der Waals surface area contributed by atoms with Gasteiger partial charge in [0.1, 0.15) is 13.2 Å². The fourth-order valence-electron chi connectivity index (χ4n) is 1.71. The molecule has 8 heteroatoms. The number of amides is 2. The minimum atomic E-state index is -0.541.